The van der Waals surface area contributed by atoms with Gasteiger partial charge in [0, 0.05) is 30.3 Å². The normalized spacial score (nSPS) is 21.3. The number of carbonyl (C=O) groups is 3. The van der Waals surface area contributed by atoms with Crippen molar-refractivity contribution in [1.82, 2.24) is 19.8 Å². The lowest BCUT2D eigenvalue weighted by Gasteiger charge is -2.21. The van der Waals surface area contributed by atoms with Crippen molar-refractivity contribution in [2.24, 2.45) is 0 Å². The molecule has 1 saturated heterocycles. The zero-order valence-corrected chi connectivity index (χ0v) is 19.6. The zero-order chi connectivity index (χ0) is 24.5. The van der Waals surface area contributed by atoms with Crippen LogP contribution in [0.4, 0.5) is 10.3 Å². The number of rotatable bonds is 1. The van der Waals surface area contributed by atoms with Gasteiger partial charge in [0.15, 0.2) is 0 Å². The minimum absolute atomic E-state index is 0.0817. The molecule has 3 heterocycles. The van der Waals surface area contributed by atoms with E-state index in [-0.39, 0.29) is 24.4 Å². The number of benzene rings is 2. The van der Waals surface area contributed by atoms with E-state index in [2.05, 4.69) is 15.6 Å². The van der Waals surface area contributed by atoms with Gasteiger partial charge in [-0.25, -0.2) is 9.37 Å². The fourth-order valence-corrected chi connectivity index (χ4v) is 4.88. The van der Waals surface area contributed by atoms with Crippen LogP contribution in [0.25, 0.3) is 11.0 Å². The van der Waals surface area contributed by atoms with Gasteiger partial charge < -0.3 is 14.8 Å². The Morgan fingerprint density at radius 3 is 2.60 bits per heavy atom. The monoisotopic (exact) mass is 477 g/mol. The van der Waals surface area contributed by atoms with Crippen LogP contribution < -0.4 is 10.6 Å². The van der Waals surface area contributed by atoms with Gasteiger partial charge in [0.05, 0.1) is 23.1 Å². The molecule has 0 radical (unpaired) electrons. The van der Waals surface area contributed by atoms with Crippen molar-refractivity contribution in [2.75, 3.05) is 25.0 Å². The number of hydrogen-bond acceptors (Lipinski definition) is 4. The van der Waals surface area contributed by atoms with Gasteiger partial charge in [-0.05, 0) is 62.9 Å². The number of aromatic nitrogens is 2. The predicted octanol–water partition coefficient (Wildman–Crippen LogP) is 3.95. The highest BCUT2D eigenvalue weighted by molar-refractivity contribution is 6.08. The first kappa shape index (κ1) is 23.0. The van der Waals surface area contributed by atoms with Crippen LogP contribution in [0.5, 0.6) is 0 Å². The van der Waals surface area contributed by atoms with Crippen LogP contribution in [0.3, 0.4) is 0 Å². The summed E-state index contributed by atoms with van der Waals surface area (Å²) in [4.78, 5) is 45.2. The molecule has 3 amide bonds. The maximum absolute atomic E-state index is 13.8. The second kappa shape index (κ2) is 9.48. The summed E-state index contributed by atoms with van der Waals surface area (Å²) in [5, 5.41) is 5.80. The van der Waals surface area contributed by atoms with Gasteiger partial charge in [-0.3, -0.25) is 19.7 Å². The molecule has 2 aliphatic heterocycles. The molecule has 0 aliphatic carbocycles. The van der Waals surface area contributed by atoms with Gasteiger partial charge in [0.25, 0.3) is 17.7 Å². The molecule has 0 saturated carbocycles. The van der Waals surface area contributed by atoms with Crippen LogP contribution >= 0.6 is 0 Å². The average molecular weight is 478 g/mol. The van der Waals surface area contributed by atoms with Gasteiger partial charge in [-0.2, -0.15) is 0 Å². The number of nitrogens with one attached hydrogen (secondary N) is 2. The number of likely N-dealkylation sites (tertiary alicyclic amines) is 1. The third kappa shape index (κ3) is 4.50. The van der Waals surface area contributed by atoms with E-state index < -0.39 is 12.1 Å². The average Bonchev–Trinajstić information content (AvgIpc) is 3.45. The number of carbonyl (C=O) groups excluding carboxylic acids is 3. The first-order chi connectivity index (χ1) is 16.9. The number of amides is 3. The first-order valence-corrected chi connectivity index (χ1v) is 12.1. The minimum atomic E-state index is -1.01. The number of para-hydroxylation sites is 1. The molecule has 2 atom stereocenters. The molecule has 2 bridgehead atoms. The second-order valence-electron chi connectivity index (χ2n) is 9.25. The molecule has 5 rings (SSSR count). The van der Waals surface area contributed by atoms with Crippen molar-refractivity contribution in [2.45, 2.75) is 44.8 Å². The number of nitrogens with zero attached hydrogens (tertiary/aromatic N) is 3. The predicted molar refractivity (Wildman–Crippen MR) is 130 cm³/mol. The van der Waals surface area contributed by atoms with Gasteiger partial charge in [0.2, 0.25) is 5.95 Å². The Balaban J connectivity index is 1.60. The Bertz CT molecular complexity index is 1300. The molecule has 1 unspecified atom stereocenters. The van der Waals surface area contributed by atoms with Crippen LogP contribution in [0.15, 0.2) is 42.5 Å². The summed E-state index contributed by atoms with van der Waals surface area (Å²) in [5.74, 6) is -0.494. The third-order valence-electron chi connectivity index (χ3n) is 6.75. The molecule has 8 nitrogen and oxygen atoms in total. The van der Waals surface area contributed by atoms with Crippen LogP contribution in [0, 0.1) is 0 Å². The van der Waals surface area contributed by atoms with Crippen molar-refractivity contribution >= 4 is 34.7 Å². The molecule has 35 heavy (non-hydrogen) atoms. The van der Waals surface area contributed by atoms with Crippen LogP contribution in [-0.4, -0.2) is 58.0 Å². The highest BCUT2D eigenvalue weighted by Crippen LogP contribution is 2.31. The van der Waals surface area contributed by atoms with Gasteiger partial charge in [0.1, 0.15) is 6.17 Å². The zero-order valence-electron chi connectivity index (χ0n) is 19.6. The largest absolute Gasteiger partial charge is 0.352 e. The smallest absolute Gasteiger partial charge is 0.257 e. The van der Waals surface area contributed by atoms with Crippen molar-refractivity contribution in [3.8, 4) is 0 Å². The van der Waals surface area contributed by atoms with Gasteiger partial charge in [-0.15, -0.1) is 0 Å². The fourth-order valence-electron chi connectivity index (χ4n) is 4.88. The minimum Gasteiger partial charge on any atom is -0.352 e. The second-order valence-corrected chi connectivity index (χ2v) is 9.25. The molecular weight excluding hydrogens is 449 g/mol. The molecule has 3 aromatic rings. The van der Waals surface area contributed by atoms with E-state index in [9.17, 15) is 18.8 Å². The molecule has 2 N–H and O–H groups in total. The Morgan fingerprint density at radius 2 is 1.83 bits per heavy atom. The molecule has 9 heteroatoms. The highest BCUT2D eigenvalue weighted by atomic mass is 19.1. The summed E-state index contributed by atoms with van der Waals surface area (Å²) < 4.78 is 15.7. The Morgan fingerprint density at radius 1 is 1.06 bits per heavy atom. The van der Waals surface area contributed by atoms with Crippen molar-refractivity contribution in [3.63, 3.8) is 0 Å². The number of alkyl halides is 1. The van der Waals surface area contributed by atoms with Crippen molar-refractivity contribution in [1.29, 1.82) is 0 Å². The summed E-state index contributed by atoms with van der Waals surface area (Å²) in [6.07, 6.45) is 1.72. The Hall–Kier alpha value is -3.75. The molecule has 182 valence electrons. The maximum atomic E-state index is 13.8. The van der Waals surface area contributed by atoms with Crippen LogP contribution in [-0.2, 0) is 0 Å². The molecule has 2 aromatic carbocycles. The fraction of sp³-hybridized carbons (Fsp3) is 0.385. The van der Waals surface area contributed by atoms with Crippen LogP contribution in [0.1, 0.15) is 69.7 Å². The summed E-state index contributed by atoms with van der Waals surface area (Å²) in [6.45, 7) is 3.02. The maximum Gasteiger partial charge on any atom is 0.257 e. The number of anilines is 1. The van der Waals surface area contributed by atoms with Crippen molar-refractivity contribution in [3.05, 3.63) is 59.2 Å². The molecule has 2 aliphatic rings. The first-order valence-electron chi connectivity index (χ1n) is 12.1. The number of imidazole rings is 1. The summed E-state index contributed by atoms with van der Waals surface area (Å²) >= 11 is 0. The van der Waals surface area contributed by atoms with Gasteiger partial charge >= 0.3 is 0 Å². The molecular formula is C26H28FN5O3. The van der Waals surface area contributed by atoms with Crippen LogP contribution in [0.2, 0.25) is 0 Å². The summed E-state index contributed by atoms with van der Waals surface area (Å²) in [6, 6.07) is 11.8. The van der Waals surface area contributed by atoms with E-state index in [1.54, 1.807) is 41.3 Å². The quantitative estimate of drug-likeness (QED) is 0.555. The summed E-state index contributed by atoms with van der Waals surface area (Å²) in [5.41, 5.74) is 2.43. The topological polar surface area (TPSA) is 96.3 Å². The highest BCUT2D eigenvalue weighted by Gasteiger charge is 2.30. The SMILES string of the molecule is CC1CCCCNC(=O)c2cccc(c2)C(=O)Nc2nc3cccc(C(=O)N4CC[C@@H](F)C4)c3n21. The lowest BCUT2D eigenvalue weighted by atomic mass is 10.1. The third-order valence-corrected chi connectivity index (χ3v) is 6.75. The Kier molecular flexibility index (Phi) is 6.23. The summed E-state index contributed by atoms with van der Waals surface area (Å²) in [7, 11) is 0. The standard InChI is InChI=1S/C26H28FN5O3/c1-16-6-2-3-12-28-23(33)17-7-4-8-18(14-17)24(34)30-26-29-21-10-5-9-20(22(21)32(16)26)25(35)31-13-11-19(27)15-31/h4-5,7-10,14,16,19H,2-3,6,11-13,15H2,1H3,(H,28,33)(H,29,30,34)/t16?,19-/m1/s1. The lowest BCUT2D eigenvalue weighted by molar-refractivity contribution is 0.0784. The van der Waals surface area contributed by atoms with E-state index in [0.29, 0.717) is 53.2 Å². The van der Waals surface area contributed by atoms with Crippen molar-refractivity contribution < 1.29 is 18.8 Å². The lowest BCUT2D eigenvalue weighted by Crippen LogP contribution is -2.29. The molecule has 0 spiro atoms. The molecule has 1 fully saturated rings. The van der Waals surface area contributed by atoms with E-state index in [0.717, 1.165) is 19.3 Å². The van der Waals surface area contributed by atoms with Gasteiger partial charge in [-0.1, -0.05) is 12.1 Å². The van der Waals surface area contributed by atoms with E-state index in [1.165, 1.54) is 0 Å². The number of fused-ring (bicyclic) bond motifs is 5. The van der Waals surface area contributed by atoms with E-state index in [4.69, 9.17) is 0 Å². The molecule has 1 aromatic heterocycles. The Labute approximate surface area is 202 Å². The van der Waals surface area contributed by atoms with E-state index in [1.807, 2.05) is 17.6 Å². The number of hydrogen-bond donors (Lipinski definition) is 2. The number of halogens is 1. The van der Waals surface area contributed by atoms with E-state index >= 15 is 0 Å².